The Hall–Kier alpha value is -2.47. The minimum Gasteiger partial charge on any atom is -0.480 e. The van der Waals surface area contributed by atoms with Crippen LogP contribution in [0.1, 0.15) is 108 Å². The minimum absolute atomic E-state index is 0.0223. The van der Waals surface area contributed by atoms with Crippen LogP contribution in [0.4, 0.5) is 0 Å². The molecule has 2 rings (SSSR count). The number of nitrogens with one attached hydrogen (secondary N) is 1. The van der Waals surface area contributed by atoms with Crippen LogP contribution >= 0.6 is 7.60 Å². The van der Waals surface area contributed by atoms with E-state index in [1.165, 1.54) is 64.2 Å². The molecule has 2 aromatic carbocycles. The molecule has 40 heavy (non-hydrogen) atoms. The molecule has 0 aromatic heterocycles. The molecule has 7 nitrogen and oxygen atoms in total. The number of aliphatic carboxylic acids is 1. The molecule has 1 atom stereocenters. The van der Waals surface area contributed by atoms with Gasteiger partial charge in [0.2, 0.25) is 5.91 Å². The maximum atomic E-state index is 12.5. The highest BCUT2D eigenvalue weighted by Gasteiger charge is 2.22. The Labute approximate surface area is 240 Å². The zero-order valence-corrected chi connectivity index (χ0v) is 24.9. The van der Waals surface area contributed by atoms with Gasteiger partial charge in [0.05, 0.1) is 6.16 Å². The second-order valence-electron chi connectivity index (χ2n) is 10.9. The van der Waals surface area contributed by atoms with Crippen LogP contribution in [0, 0.1) is 0 Å². The number of unbranched alkanes of at least 4 members (excludes halogenated alkanes) is 12. The summed E-state index contributed by atoms with van der Waals surface area (Å²) in [5, 5.41) is 12.4. The van der Waals surface area contributed by atoms with Crippen LogP contribution < -0.4 is 5.32 Å². The molecule has 0 saturated carbocycles. The van der Waals surface area contributed by atoms with E-state index in [4.69, 9.17) is 0 Å². The Balaban J connectivity index is 1.80. The molecule has 222 valence electrons. The highest BCUT2D eigenvalue weighted by molar-refractivity contribution is 7.50. The number of carboxylic acids is 1. The molecule has 1 unspecified atom stereocenters. The zero-order chi connectivity index (χ0) is 29.2. The van der Waals surface area contributed by atoms with Crippen LogP contribution in [-0.2, 0) is 26.7 Å². The van der Waals surface area contributed by atoms with Crippen LogP contribution in [0.2, 0.25) is 0 Å². The first-order valence-electron chi connectivity index (χ1n) is 14.9. The Morgan fingerprint density at radius 2 is 1.27 bits per heavy atom. The zero-order valence-electron chi connectivity index (χ0n) is 24.0. The fourth-order valence-corrected chi connectivity index (χ4v) is 5.67. The van der Waals surface area contributed by atoms with Gasteiger partial charge in [-0.05, 0) is 28.7 Å². The van der Waals surface area contributed by atoms with E-state index in [2.05, 4.69) is 12.2 Å². The van der Waals surface area contributed by atoms with Gasteiger partial charge in [-0.3, -0.25) is 9.36 Å². The van der Waals surface area contributed by atoms with Gasteiger partial charge in [0.15, 0.2) is 0 Å². The van der Waals surface area contributed by atoms with E-state index in [0.29, 0.717) is 11.1 Å². The van der Waals surface area contributed by atoms with Crippen molar-refractivity contribution >= 4 is 19.5 Å². The summed E-state index contributed by atoms with van der Waals surface area (Å²) in [5.74, 6) is -1.43. The van der Waals surface area contributed by atoms with Crippen molar-refractivity contribution in [3.8, 4) is 11.1 Å². The third-order valence-electron chi connectivity index (χ3n) is 7.13. The van der Waals surface area contributed by atoms with E-state index in [0.717, 1.165) is 30.4 Å². The van der Waals surface area contributed by atoms with Crippen molar-refractivity contribution in [2.75, 3.05) is 0 Å². The van der Waals surface area contributed by atoms with Crippen molar-refractivity contribution in [1.82, 2.24) is 5.32 Å². The number of carboxylic acid groups (broad SMARTS) is 1. The fourth-order valence-electron chi connectivity index (χ4n) is 5.01. The van der Waals surface area contributed by atoms with Crippen molar-refractivity contribution in [3.05, 3.63) is 59.7 Å². The van der Waals surface area contributed by atoms with E-state index in [-0.39, 0.29) is 18.7 Å². The van der Waals surface area contributed by atoms with Gasteiger partial charge in [0.1, 0.15) is 6.04 Å². The monoisotopic (exact) mass is 573 g/mol. The van der Waals surface area contributed by atoms with Crippen LogP contribution in [0.3, 0.4) is 0 Å². The van der Waals surface area contributed by atoms with Crippen molar-refractivity contribution < 1.29 is 29.0 Å². The summed E-state index contributed by atoms with van der Waals surface area (Å²) < 4.78 is 11.6. The predicted octanol–water partition coefficient (Wildman–Crippen LogP) is 7.62. The van der Waals surface area contributed by atoms with E-state index >= 15 is 0 Å². The van der Waals surface area contributed by atoms with Gasteiger partial charge in [-0.1, -0.05) is 133 Å². The normalized spacial score (nSPS) is 12.3. The summed E-state index contributed by atoms with van der Waals surface area (Å²) in [6, 6.07) is 13.4. The van der Waals surface area contributed by atoms with Gasteiger partial charge < -0.3 is 20.2 Å². The quantitative estimate of drug-likeness (QED) is 0.0899. The van der Waals surface area contributed by atoms with Gasteiger partial charge in [-0.25, -0.2) is 4.79 Å². The molecule has 0 bridgehead atoms. The molecule has 0 radical (unpaired) electrons. The number of carbonyl (C=O) groups excluding carboxylic acids is 1. The molecule has 4 N–H and O–H groups in total. The number of hydrogen-bond donors (Lipinski definition) is 4. The van der Waals surface area contributed by atoms with Crippen LogP contribution in [0.5, 0.6) is 0 Å². The molecule has 0 aliphatic heterocycles. The molecule has 0 fully saturated rings. The van der Waals surface area contributed by atoms with E-state index < -0.39 is 25.8 Å². The average molecular weight is 574 g/mol. The van der Waals surface area contributed by atoms with Crippen molar-refractivity contribution in [1.29, 1.82) is 0 Å². The van der Waals surface area contributed by atoms with Crippen LogP contribution in [0.15, 0.2) is 48.5 Å². The predicted molar refractivity (Wildman–Crippen MR) is 161 cm³/mol. The molecular formula is C32H48NO6P. The molecule has 8 heteroatoms. The van der Waals surface area contributed by atoms with Crippen molar-refractivity contribution in [2.45, 2.75) is 115 Å². The number of hydrogen-bond acceptors (Lipinski definition) is 3. The maximum absolute atomic E-state index is 12.5. The van der Waals surface area contributed by atoms with E-state index in [9.17, 15) is 29.0 Å². The maximum Gasteiger partial charge on any atom is 0.329 e. The van der Waals surface area contributed by atoms with Crippen LogP contribution in [0.25, 0.3) is 11.1 Å². The Kier molecular flexibility index (Phi) is 15.9. The summed E-state index contributed by atoms with van der Waals surface area (Å²) in [6.45, 7) is 2.24. The number of benzene rings is 2. The molecule has 0 aliphatic rings. The van der Waals surface area contributed by atoms with E-state index in [1.807, 2.05) is 36.4 Å². The fraction of sp³-hybridized carbons (Fsp3) is 0.562. The number of rotatable bonds is 21. The third-order valence-corrected chi connectivity index (χ3v) is 7.91. The second-order valence-corrected chi connectivity index (χ2v) is 12.5. The summed E-state index contributed by atoms with van der Waals surface area (Å²) in [7, 11) is -4.31. The number of carbonyl (C=O) groups is 2. The van der Waals surface area contributed by atoms with Crippen LogP contribution in [-0.4, -0.2) is 32.8 Å². The van der Waals surface area contributed by atoms with Crippen molar-refractivity contribution in [2.24, 2.45) is 0 Å². The smallest absolute Gasteiger partial charge is 0.329 e. The molecular weight excluding hydrogens is 525 g/mol. The van der Waals surface area contributed by atoms with Gasteiger partial charge in [-0.15, -0.1) is 0 Å². The van der Waals surface area contributed by atoms with Gasteiger partial charge in [0, 0.05) is 12.8 Å². The minimum atomic E-state index is -4.31. The standard InChI is InChI=1S/C32H48NO6P/c1-2-3-4-5-6-7-8-9-10-11-12-13-17-20-31(34)33-30(32(35)36)24-26-21-27(25-40(37,38)39)23-29(22-26)28-18-15-14-16-19-28/h14-16,18-19,21-23,30H,2-13,17,20,24-25H2,1H3,(H,33,34)(H,35,36)(H2,37,38,39). The molecule has 2 aromatic rings. The SMILES string of the molecule is CCCCCCCCCCCCCCCC(=O)NC(Cc1cc(CP(=O)(O)O)cc(-c2ccccc2)c1)C(=O)O. The topological polar surface area (TPSA) is 124 Å². The van der Waals surface area contributed by atoms with Crippen molar-refractivity contribution in [3.63, 3.8) is 0 Å². The highest BCUT2D eigenvalue weighted by atomic mass is 31.2. The first kappa shape index (κ1) is 33.7. The first-order chi connectivity index (χ1) is 19.2. The number of amides is 1. The summed E-state index contributed by atoms with van der Waals surface area (Å²) >= 11 is 0. The first-order valence-corrected chi connectivity index (χ1v) is 16.7. The molecule has 0 saturated heterocycles. The summed E-state index contributed by atoms with van der Waals surface area (Å²) in [6.07, 6.45) is 15.6. The third kappa shape index (κ3) is 14.8. The lowest BCUT2D eigenvalue weighted by Gasteiger charge is -2.17. The largest absolute Gasteiger partial charge is 0.480 e. The Morgan fingerprint density at radius 1 is 0.750 bits per heavy atom. The summed E-state index contributed by atoms with van der Waals surface area (Å²) in [5.41, 5.74) is 2.62. The second kappa shape index (κ2) is 18.8. The average Bonchev–Trinajstić information content (AvgIpc) is 2.90. The lowest BCUT2D eigenvalue weighted by molar-refractivity contribution is -0.141. The van der Waals surface area contributed by atoms with E-state index in [1.54, 1.807) is 12.1 Å². The molecule has 0 spiro atoms. The molecule has 1 amide bonds. The Bertz CT molecular complexity index is 1070. The lowest BCUT2D eigenvalue weighted by Crippen LogP contribution is -2.42. The highest BCUT2D eigenvalue weighted by Crippen LogP contribution is 2.40. The Morgan fingerprint density at radius 3 is 1.80 bits per heavy atom. The molecule has 0 aliphatic carbocycles. The van der Waals surface area contributed by atoms with Gasteiger partial charge in [0.25, 0.3) is 0 Å². The van der Waals surface area contributed by atoms with Gasteiger partial charge in [-0.2, -0.15) is 0 Å². The summed E-state index contributed by atoms with van der Waals surface area (Å²) in [4.78, 5) is 43.5. The molecule has 0 heterocycles. The van der Waals surface area contributed by atoms with Gasteiger partial charge >= 0.3 is 13.6 Å². The lowest BCUT2D eigenvalue weighted by atomic mass is 9.96.